The number of carbonyl (C=O) groups excluding carboxylic acids is 2. The molecule has 1 aliphatic carbocycles. The van der Waals surface area contributed by atoms with Crippen LogP contribution in [0.15, 0.2) is 30.5 Å². The standard InChI is InChI=1S/C32H35F7N4O3/c1-17(2)20-12-24(18-8-9-21(23(33)11-18)31(34,35)36)41-43-15-25(40-27(20)43)26(44)22-7-5-6-10-42(16-29(22,3)4)28(45)19-13-30(46,14-19)32(37,38)39/h8-9,11-12,15,17,19,22,46H,5-7,10,13-14,16H2,1-4H3. The summed E-state index contributed by atoms with van der Waals surface area (Å²) in [4.78, 5) is 33.3. The number of aliphatic hydroxyl groups is 1. The van der Waals surface area contributed by atoms with E-state index in [1.54, 1.807) is 6.07 Å². The van der Waals surface area contributed by atoms with Gasteiger partial charge in [-0.1, -0.05) is 40.2 Å². The van der Waals surface area contributed by atoms with Gasteiger partial charge in [0.05, 0.1) is 17.5 Å². The molecule has 7 nitrogen and oxygen atoms in total. The van der Waals surface area contributed by atoms with Crippen molar-refractivity contribution in [3.05, 3.63) is 53.1 Å². The van der Waals surface area contributed by atoms with E-state index < -0.39 is 65.3 Å². The van der Waals surface area contributed by atoms with Gasteiger partial charge in [0.2, 0.25) is 5.91 Å². The van der Waals surface area contributed by atoms with Crippen LogP contribution in [0.25, 0.3) is 16.9 Å². The number of carbonyl (C=O) groups is 2. The van der Waals surface area contributed by atoms with E-state index in [0.717, 1.165) is 12.1 Å². The number of amides is 1. The average Bonchev–Trinajstić information content (AvgIpc) is 3.35. The van der Waals surface area contributed by atoms with E-state index in [9.17, 15) is 45.4 Å². The van der Waals surface area contributed by atoms with Crippen molar-refractivity contribution in [1.29, 1.82) is 0 Å². The topological polar surface area (TPSA) is 87.8 Å². The lowest BCUT2D eigenvalue weighted by atomic mass is 9.68. The van der Waals surface area contributed by atoms with Gasteiger partial charge in [0, 0.05) is 36.1 Å². The number of fused-ring (bicyclic) bond motifs is 1. The highest BCUT2D eigenvalue weighted by molar-refractivity contribution is 5.97. The second-order valence-corrected chi connectivity index (χ2v) is 13.5. The minimum atomic E-state index is -4.85. The molecule has 1 aliphatic heterocycles. The highest BCUT2D eigenvalue weighted by Gasteiger charge is 2.63. The number of hydrogen-bond donors (Lipinski definition) is 1. The van der Waals surface area contributed by atoms with E-state index in [2.05, 4.69) is 10.1 Å². The van der Waals surface area contributed by atoms with Crippen molar-refractivity contribution in [1.82, 2.24) is 19.5 Å². The molecule has 1 saturated heterocycles. The molecule has 0 radical (unpaired) electrons. The largest absolute Gasteiger partial charge is 0.419 e. The molecule has 5 rings (SSSR count). The summed E-state index contributed by atoms with van der Waals surface area (Å²) < 4.78 is 94.5. The predicted octanol–water partition coefficient (Wildman–Crippen LogP) is 7.22. The molecule has 14 heteroatoms. The van der Waals surface area contributed by atoms with Gasteiger partial charge >= 0.3 is 12.4 Å². The summed E-state index contributed by atoms with van der Waals surface area (Å²) in [6, 6.07) is 4.15. The summed E-state index contributed by atoms with van der Waals surface area (Å²) in [6.07, 6.45) is -8.02. The van der Waals surface area contributed by atoms with Crippen LogP contribution in [0.1, 0.15) is 87.3 Å². The molecule has 1 aromatic carbocycles. The Labute approximate surface area is 260 Å². The lowest BCUT2D eigenvalue weighted by Crippen LogP contribution is -2.59. The molecular weight excluding hydrogens is 621 g/mol. The predicted molar refractivity (Wildman–Crippen MR) is 153 cm³/mol. The summed E-state index contributed by atoms with van der Waals surface area (Å²) in [5.41, 5.74) is -3.66. The second-order valence-electron chi connectivity index (χ2n) is 13.5. The Balaban J connectivity index is 1.41. The Morgan fingerprint density at radius 3 is 2.30 bits per heavy atom. The highest BCUT2D eigenvalue weighted by Crippen LogP contribution is 2.49. The van der Waals surface area contributed by atoms with Gasteiger partial charge in [-0.25, -0.2) is 13.9 Å². The molecule has 0 bridgehead atoms. The zero-order valence-corrected chi connectivity index (χ0v) is 25.8. The number of halogens is 7. The number of likely N-dealkylation sites (tertiary alicyclic amines) is 1. The van der Waals surface area contributed by atoms with Crippen molar-refractivity contribution in [2.75, 3.05) is 13.1 Å². The number of imidazole rings is 1. The third-order valence-corrected chi connectivity index (χ3v) is 9.28. The van der Waals surface area contributed by atoms with Gasteiger partial charge < -0.3 is 10.0 Å². The maximum Gasteiger partial charge on any atom is 0.419 e. The summed E-state index contributed by atoms with van der Waals surface area (Å²) >= 11 is 0. The zero-order valence-electron chi connectivity index (χ0n) is 25.8. The molecule has 1 N–H and O–H groups in total. The highest BCUT2D eigenvalue weighted by atomic mass is 19.4. The Kier molecular flexibility index (Phi) is 8.53. The van der Waals surface area contributed by atoms with Crippen molar-refractivity contribution in [2.24, 2.45) is 17.3 Å². The summed E-state index contributed by atoms with van der Waals surface area (Å²) in [6.45, 7) is 7.81. The first kappa shape index (κ1) is 33.8. The van der Waals surface area contributed by atoms with Gasteiger partial charge in [0.1, 0.15) is 11.5 Å². The molecule has 1 amide bonds. The van der Waals surface area contributed by atoms with Crippen molar-refractivity contribution in [2.45, 2.75) is 83.7 Å². The van der Waals surface area contributed by atoms with Crippen molar-refractivity contribution in [3.63, 3.8) is 0 Å². The minimum Gasteiger partial charge on any atom is -0.380 e. The molecule has 1 unspecified atom stereocenters. The number of Topliss-reactive ketones (excluding diaryl/α,β-unsaturated/α-hetero) is 1. The lowest BCUT2D eigenvalue weighted by molar-refractivity contribution is -0.296. The molecule has 3 heterocycles. The van der Waals surface area contributed by atoms with Crippen LogP contribution in [0.4, 0.5) is 30.7 Å². The summed E-state index contributed by atoms with van der Waals surface area (Å²) in [7, 11) is 0. The number of ketones is 1. The lowest BCUT2D eigenvalue weighted by Gasteiger charge is -2.47. The first-order chi connectivity index (χ1) is 21.2. The van der Waals surface area contributed by atoms with Gasteiger partial charge in [-0.3, -0.25) is 9.59 Å². The molecule has 46 heavy (non-hydrogen) atoms. The second kappa shape index (κ2) is 11.6. The van der Waals surface area contributed by atoms with Crippen LogP contribution in [0, 0.1) is 23.1 Å². The third-order valence-electron chi connectivity index (χ3n) is 9.28. The number of rotatable bonds is 5. The first-order valence-electron chi connectivity index (χ1n) is 15.1. The van der Waals surface area contributed by atoms with Crippen LogP contribution in [0.5, 0.6) is 0 Å². The van der Waals surface area contributed by atoms with E-state index >= 15 is 0 Å². The molecule has 0 spiro atoms. The van der Waals surface area contributed by atoms with Crippen LogP contribution in [0.3, 0.4) is 0 Å². The number of nitrogens with zero attached hydrogens (tertiary/aromatic N) is 4. The minimum absolute atomic E-state index is 0.0934. The maximum atomic E-state index is 14.4. The number of hydrogen-bond acceptors (Lipinski definition) is 5. The van der Waals surface area contributed by atoms with E-state index in [0.29, 0.717) is 43.1 Å². The van der Waals surface area contributed by atoms with Crippen LogP contribution < -0.4 is 0 Å². The number of alkyl halides is 6. The fourth-order valence-electron chi connectivity index (χ4n) is 6.59. The number of benzene rings is 1. The third kappa shape index (κ3) is 6.24. The Morgan fingerprint density at radius 1 is 1.04 bits per heavy atom. The monoisotopic (exact) mass is 656 g/mol. The van der Waals surface area contributed by atoms with E-state index in [4.69, 9.17) is 0 Å². The van der Waals surface area contributed by atoms with Gasteiger partial charge in [0.25, 0.3) is 0 Å². The van der Waals surface area contributed by atoms with E-state index in [1.807, 2.05) is 27.7 Å². The smallest absolute Gasteiger partial charge is 0.380 e. The maximum absolute atomic E-state index is 14.4. The van der Waals surface area contributed by atoms with E-state index in [1.165, 1.54) is 15.6 Å². The van der Waals surface area contributed by atoms with Crippen LogP contribution in [-0.2, 0) is 11.0 Å². The SMILES string of the molecule is CC(C)c1cc(-c2ccc(C(F)(F)F)c(F)c2)nn2cc(C(=O)C3CCCCN(C(=O)C4CC(O)(C(F)(F)F)C4)CC3(C)C)nc12. The normalized spacial score (nSPS) is 24.1. The molecule has 250 valence electrons. The Hall–Kier alpha value is -3.55. The first-order valence-corrected chi connectivity index (χ1v) is 15.1. The fourth-order valence-corrected chi connectivity index (χ4v) is 6.59. The van der Waals surface area contributed by atoms with Gasteiger partial charge in [0.15, 0.2) is 17.0 Å². The van der Waals surface area contributed by atoms with Crippen molar-refractivity contribution < 1.29 is 45.4 Å². The molecular formula is C32H35F7N4O3. The summed E-state index contributed by atoms with van der Waals surface area (Å²) in [5.74, 6) is -3.92. The molecule has 2 aromatic heterocycles. The Bertz CT molecular complexity index is 1660. The van der Waals surface area contributed by atoms with Crippen LogP contribution in [-0.4, -0.2) is 61.2 Å². The Morgan fingerprint density at radius 2 is 1.72 bits per heavy atom. The molecule has 2 fully saturated rings. The van der Waals surface area contributed by atoms with Crippen LogP contribution in [0.2, 0.25) is 0 Å². The quantitative estimate of drug-likeness (QED) is 0.232. The van der Waals surface area contributed by atoms with E-state index in [-0.39, 0.29) is 35.2 Å². The van der Waals surface area contributed by atoms with Crippen molar-refractivity contribution >= 4 is 17.3 Å². The van der Waals surface area contributed by atoms with Crippen molar-refractivity contribution in [3.8, 4) is 11.3 Å². The van der Waals surface area contributed by atoms with Gasteiger partial charge in [-0.15, -0.1) is 0 Å². The molecule has 3 aromatic rings. The molecule has 2 aliphatic rings. The van der Waals surface area contributed by atoms with Gasteiger partial charge in [-0.2, -0.15) is 31.4 Å². The summed E-state index contributed by atoms with van der Waals surface area (Å²) in [5, 5.41) is 14.3. The van der Waals surface area contributed by atoms with Gasteiger partial charge in [-0.05, 0) is 55.2 Å². The number of aromatic nitrogens is 3. The zero-order chi connectivity index (χ0) is 34.0. The average molecular weight is 657 g/mol. The van der Waals surface area contributed by atoms with Crippen LogP contribution >= 0.6 is 0 Å². The molecule has 1 atom stereocenters. The fraction of sp³-hybridized carbons (Fsp3) is 0.562. The molecule has 1 saturated carbocycles.